The van der Waals surface area contributed by atoms with Crippen LogP contribution in [0.1, 0.15) is 32.6 Å². The molecule has 1 N–H and O–H groups in total. The monoisotopic (exact) mass is 226 g/mol. The SMILES string of the molecule is CC1CCC(CNC2CCC(=O)N(C)C2)O1. The van der Waals surface area contributed by atoms with Crippen molar-refractivity contribution in [2.45, 2.75) is 50.9 Å². The molecule has 0 spiro atoms. The number of nitrogens with zero attached hydrogens (tertiary/aromatic N) is 1. The number of likely N-dealkylation sites (tertiary alicyclic amines) is 1. The van der Waals surface area contributed by atoms with Gasteiger partial charge in [-0.15, -0.1) is 0 Å². The first-order valence-corrected chi connectivity index (χ1v) is 6.28. The molecule has 0 aromatic heterocycles. The van der Waals surface area contributed by atoms with E-state index < -0.39 is 0 Å². The number of rotatable bonds is 3. The third-order valence-electron chi connectivity index (χ3n) is 3.58. The van der Waals surface area contributed by atoms with Crippen LogP contribution in [-0.4, -0.2) is 49.2 Å². The average molecular weight is 226 g/mol. The number of carbonyl (C=O) groups excluding carboxylic acids is 1. The fourth-order valence-electron chi connectivity index (χ4n) is 2.51. The van der Waals surface area contributed by atoms with Crippen LogP contribution in [0.3, 0.4) is 0 Å². The Morgan fingerprint density at radius 2 is 2.25 bits per heavy atom. The molecule has 4 nitrogen and oxygen atoms in total. The molecule has 3 atom stereocenters. The van der Waals surface area contributed by atoms with E-state index in [1.165, 1.54) is 6.42 Å². The smallest absolute Gasteiger partial charge is 0.222 e. The molecule has 1 amide bonds. The number of nitrogens with one attached hydrogen (secondary N) is 1. The Morgan fingerprint density at radius 3 is 2.88 bits per heavy atom. The summed E-state index contributed by atoms with van der Waals surface area (Å²) in [5.74, 6) is 0.267. The summed E-state index contributed by atoms with van der Waals surface area (Å²) in [5, 5.41) is 3.52. The van der Waals surface area contributed by atoms with Crippen LogP contribution in [0.15, 0.2) is 0 Å². The van der Waals surface area contributed by atoms with Crippen molar-refractivity contribution in [2.24, 2.45) is 0 Å². The molecule has 2 rings (SSSR count). The van der Waals surface area contributed by atoms with Crippen molar-refractivity contribution in [2.75, 3.05) is 20.1 Å². The minimum atomic E-state index is 0.267. The highest BCUT2D eigenvalue weighted by atomic mass is 16.5. The molecule has 2 heterocycles. The largest absolute Gasteiger partial charge is 0.374 e. The van der Waals surface area contributed by atoms with Crippen LogP contribution in [0, 0.1) is 0 Å². The number of hydrogen-bond acceptors (Lipinski definition) is 3. The van der Waals surface area contributed by atoms with Gasteiger partial charge in [-0.25, -0.2) is 0 Å². The molecule has 2 fully saturated rings. The summed E-state index contributed by atoms with van der Waals surface area (Å²) >= 11 is 0. The van der Waals surface area contributed by atoms with Crippen LogP contribution in [0.2, 0.25) is 0 Å². The zero-order valence-electron chi connectivity index (χ0n) is 10.2. The van der Waals surface area contributed by atoms with E-state index in [1.807, 2.05) is 11.9 Å². The minimum Gasteiger partial charge on any atom is -0.374 e. The molecule has 2 saturated heterocycles. The highest BCUT2D eigenvalue weighted by molar-refractivity contribution is 5.76. The molecule has 0 radical (unpaired) electrons. The van der Waals surface area contributed by atoms with Gasteiger partial charge in [0, 0.05) is 32.6 Å². The van der Waals surface area contributed by atoms with Gasteiger partial charge in [-0.2, -0.15) is 0 Å². The predicted octanol–water partition coefficient (Wildman–Crippen LogP) is 0.764. The number of carbonyl (C=O) groups is 1. The third kappa shape index (κ3) is 2.95. The molecule has 0 aromatic rings. The van der Waals surface area contributed by atoms with Crippen LogP contribution < -0.4 is 5.32 Å². The van der Waals surface area contributed by atoms with Crippen LogP contribution in [-0.2, 0) is 9.53 Å². The molecule has 0 aliphatic carbocycles. The zero-order chi connectivity index (χ0) is 11.5. The van der Waals surface area contributed by atoms with Crippen molar-refractivity contribution in [1.82, 2.24) is 10.2 Å². The summed E-state index contributed by atoms with van der Waals surface area (Å²) in [6.45, 7) is 3.89. The van der Waals surface area contributed by atoms with Crippen molar-refractivity contribution >= 4 is 5.91 Å². The number of piperidine rings is 1. The van der Waals surface area contributed by atoms with E-state index in [0.29, 0.717) is 24.7 Å². The van der Waals surface area contributed by atoms with Crippen LogP contribution in [0.25, 0.3) is 0 Å². The molecule has 2 aliphatic heterocycles. The van der Waals surface area contributed by atoms with Gasteiger partial charge in [-0.05, 0) is 26.2 Å². The van der Waals surface area contributed by atoms with E-state index in [1.54, 1.807) is 0 Å². The summed E-state index contributed by atoms with van der Waals surface area (Å²) in [5.41, 5.74) is 0. The lowest BCUT2D eigenvalue weighted by Crippen LogP contribution is -2.48. The molecule has 0 bridgehead atoms. The fraction of sp³-hybridized carbons (Fsp3) is 0.917. The molecular formula is C12H22N2O2. The molecular weight excluding hydrogens is 204 g/mol. The molecule has 16 heavy (non-hydrogen) atoms. The van der Waals surface area contributed by atoms with E-state index >= 15 is 0 Å². The second-order valence-corrected chi connectivity index (χ2v) is 5.06. The van der Waals surface area contributed by atoms with E-state index in [2.05, 4.69) is 12.2 Å². The lowest BCUT2D eigenvalue weighted by Gasteiger charge is -2.31. The lowest BCUT2D eigenvalue weighted by atomic mass is 10.1. The van der Waals surface area contributed by atoms with Gasteiger partial charge in [0.25, 0.3) is 0 Å². The van der Waals surface area contributed by atoms with E-state index in [-0.39, 0.29) is 5.91 Å². The van der Waals surface area contributed by atoms with Crippen molar-refractivity contribution in [3.05, 3.63) is 0 Å². The Bertz CT molecular complexity index is 257. The van der Waals surface area contributed by atoms with Crippen LogP contribution in [0.5, 0.6) is 0 Å². The zero-order valence-corrected chi connectivity index (χ0v) is 10.2. The summed E-state index contributed by atoms with van der Waals surface area (Å²) in [6.07, 6.45) is 4.77. The van der Waals surface area contributed by atoms with Gasteiger partial charge in [0.05, 0.1) is 12.2 Å². The van der Waals surface area contributed by atoms with Crippen LogP contribution in [0.4, 0.5) is 0 Å². The standard InChI is InChI=1S/C12H22N2O2/c1-9-3-5-11(16-9)7-13-10-4-6-12(15)14(2)8-10/h9-11,13H,3-8H2,1-2H3. The van der Waals surface area contributed by atoms with Gasteiger partial charge < -0.3 is 15.0 Å². The first kappa shape index (κ1) is 11.9. The summed E-state index contributed by atoms with van der Waals surface area (Å²) in [7, 11) is 1.88. The normalized spacial score (nSPS) is 35.8. The van der Waals surface area contributed by atoms with Crippen LogP contribution >= 0.6 is 0 Å². The highest BCUT2D eigenvalue weighted by Gasteiger charge is 2.25. The summed E-state index contributed by atoms with van der Waals surface area (Å²) < 4.78 is 5.76. The summed E-state index contributed by atoms with van der Waals surface area (Å²) in [4.78, 5) is 13.1. The van der Waals surface area contributed by atoms with Crippen molar-refractivity contribution < 1.29 is 9.53 Å². The maximum atomic E-state index is 11.3. The Hall–Kier alpha value is -0.610. The fourth-order valence-corrected chi connectivity index (χ4v) is 2.51. The van der Waals surface area contributed by atoms with Gasteiger partial charge in [-0.1, -0.05) is 0 Å². The number of ether oxygens (including phenoxy) is 1. The van der Waals surface area contributed by atoms with E-state index in [9.17, 15) is 4.79 Å². The minimum absolute atomic E-state index is 0.267. The molecule has 3 unspecified atom stereocenters. The second kappa shape index (κ2) is 5.15. The first-order valence-electron chi connectivity index (χ1n) is 6.28. The Kier molecular flexibility index (Phi) is 3.82. The number of likely N-dealkylation sites (N-methyl/N-ethyl adjacent to an activating group) is 1. The molecule has 92 valence electrons. The molecule has 2 aliphatic rings. The Labute approximate surface area is 97.3 Å². The van der Waals surface area contributed by atoms with E-state index in [0.717, 1.165) is 25.9 Å². The third-order valence-corrected chi connectivity index (χ3v) is 3.58. The van der Waals surface area contributed by atoms with Crippen molar-refractivity contribution in [1.29, 1.82) is 0 Å². The second-order valence-electron chi connectivity index (χ2n) is 5.06. The predicted molar refractivity (Wildman–Crippen MR) is 62.2 cm³/mol. The van der Waals surface area contributed by atoms with Crippen molar-refractivity contribution in [3.8, 4) is 0 Å². The molecule has 4 heteroatoms. The van der Waals surface area contributed by atoms with E-state index in [4.69, 9.17) is 4.74 Å². The summed E-state index contributed by atoms with van der Waals surface area (Å²) in [6, 6.07) is 0.446. The quantitative estimate of drug-likeness (QED) is 0.772. The number of amides is 1. The number of hydrogen-bond donors (Lipinski definition) is 1. The lowest BCUT2D eigenvalue weighted by molar-refractivity contribution is -0.132. The maximum Gasteiger partial charge on any atom is 0.222 e. The maximum absolute atomic E-state index is 11.3. The first-order chi connectivity index (χ1) is 7.65. The van der Waals surface area contributed by atoms with Gasteiger partial charge >= 0.3 is 0 Å². The van der Waals surface area contributed by atoms with Gasteiger partial charge in [0.2, 0.25) is 5.91 Å². The van der Waals surface area contributed by atoms with Gasteiger partial charge in [-0.3, -0.25) is 4.79 Å². The molecule has 0 saturated carbocycles. The highest BCUT2D eigenvalue weighted by Crippen LogP contribution is 2.19. The Morgan fingerprint density at radius 1 is 1.44 bits per heavy atom. The topological polar surface area (TPSA) is 41.6 Å². The van der Waals surface area contributed by atoms with Gasteiger partial charge in [0.15, 0.2) is 0 Å². The average Bonchev–Trinajstić information content (AvgIpc) is 2.66. The van der Waals surface area contributed by atoms with Crippen molar-refractivity contribution in [3.63, 3.8) is 0 Å². The Balaban J connectivity index is 1.68. The van der Waals surface area contributed by atoms with Gasteiger partial charge in [0.1, 0.15) is 0 Å². The molecule has 0 aromatic carbocycles.